The molecule has 0 saturated heterocycles. The molecule has 1 aromatic rings. The fourth-order valence-electron chi connectivity index (χ4n) is 1.23. The first-order valence-corrected chi connectivity index (χ1v) is 5.86. The maximum absolute atomic E-state index is 11.1. The Labute approximate surface area is 107 Å². The van der Waals surface area contributed by atoms with Gasteiger partial charge in [0, 0.05) is 11.0 Å². The second-order valence-electron chi connectivity index (χ2n) is 3.34. The van der Waals surface area contributed by atoms with Gasteiger partial charge in [-0.3, -0.25) is 4.79 Å². The van der Waals surface area contributed by atoms with Gasteiger partial charge >= 0.3 is 12.0 Å². The number of nitrogens with one attached hydrogen (secondary N) is 2. The lowest BCUT2D eigenvalue weighted by atomic mass is 10.1. The van der Waals surface area contributed by atoms with Crippen LogP contribution in [0.15, 0.2) is 28.7 Å². The van der Waals surface area contributed by atoms with E-state index in [1.54, 1.807) is 0 Å². The van der Waals surface area contributed by atoms with E-state index < -0.39 is 12.0 Å². The summed E-state index contributed by atoms with van der Waals surface area (Å²) < 4.78 is 0.993. The molecule has 0 radical (unpaired) electrons. The fourth-order valence-corrected chi connectivity index (χ4v) is 1.71. The Kier molecular flexibility index (Phi) is 5.48. The normalized spacial score (nSPS) is 9.71. The Morgan fingerprint density at radius 2 is 1.94 bits per heavy atom. The molecule has 0 aliphatic heterocycles. The van der Waals surface area contributed by atoms with Crippen LogP contribution in [-0.4, -0.2) is 30.2 Å². The molecule has 0 aromatic heterocycles. The van der Waals surface area contributed by atoms with Gasteiger partial charge in [-0.15, -0.1) is 0 Å². The van der Waals surface area contributed by atoms with Crippen LogP contribution >= 0.6 is 15.9 Å². The van der Waals surface area contributed by atoms with Gasteiger partial charge < -0.3 is 15.7 Å². The molecule has 1 aromatic carbocycles. The molecule has 17 heavy (non-hydrogen) atoms. The van der Waals surface area contributed by atoms with Crippen molar-refractivity contribution in [1.29, 1.82) is 0 Å². The van der Waals surface area contributed by atoms with E-state index in [1.165, 1.54) is 0 Å². The van der Waals surface area contributed by atoms with Gasteiger partial charge in [-0.2, -0.15) is 0 Å². The number of hydrogen-bond donors (Lipinski definition) is 3. The van der Waals surface area contributed by atoms with Crippen LogP contribution in [0.4, 0.5) is 4.79 Å². The molecule has 2 amide bonds. The number of carboxylic acids is 1. The highest BCUT2D eigenvalue weighted by Gasteiger charge is 2.03. The van der Waals surface area contributed by atoms with Gasteiger partial charge in [0.1, 0.15) is 6.54 Å². The Morgan fingerprint density at radius 1 is 1.24 bits per heavy atom. The van der Waals surface area contributed by atoms with Gasteiger partial charge in [-0.1, -0.05) is 34.1 Å². The summed E-state index contributed by atoms with van der Waals surface area (Å²) in [6, 6.07) is 7.26. The van der Waals surface area contributed by atoms with Crippen LogP contribution in [0.5, 0.6) is 0 Å². The summed E-state index contributed by atoms with van der Waals surface area (Å²) in [5.41, 5.74) is 1.09. The predicted molar refractivity (Wildman–Crippen MR) is 66.9 cm³/mol. The maximum atomic E-state index is 11.1. The first kappa shape index (κ1) is 13.5. The number of carbonyl (C=O) groups is 2. The Hall–Kier alpha value is -1.56. The van der Waals surface area contributed by atoms with E-state index in [9.17, 15) is 9.59 Å². The molecule has 1 rings (SSSR count). The van der Waals surface area contributed by atoms with Gasteiger partial charge in [-0.05, 0) is 18.1 Å². The van der Waals surface area contributed by atoms with E-state index in [0.717, 1.165) is 10.0 Å². The van der Waals surface area contributed by atoms with Crippen LogP contribution in [0.1, 0.15) is 5.56 Å². The number of halogens is 1. The van der Waals surface area contributed by atoms with Crippen molar-refractivity contribution in [1.82, 2.24) is 10.6 Å². The van der Waals surface area contributed by atoms with Crippen molar-refractivity contribution in [3.63, 3.8) is 0 Å². The third kappa shape index (κ3) is 5.35. The molecule has 0 heterocycles. The number of rotatable bonds is 5. The highest BCUT2D eigenvalue weighted by Crippen LogP contribution is 2.15. The number of carboxylic acid groups (broad SMARTS) is 1. The fraction of sp³-hybridized carbons (Fsp3) is 0.273. The van der Waals surface area contributed by atoms with Crippen LogP contribution in [0.3, 0.4) is 0 Å². The topological polar surface area (TPSA) is 78.4 Å². The molecule has 0 unspecified atom stereocenters. The maximum Gasteiger partial charge on any atom is 0.323 e. The zero-order valence-electron chi connectivity index (χ0n) is 9.07. The molecule has 0 saturated carbocycles. The van der Waals surface area contributed by atoms with Crippen LogP contribution in [0.2, 0.25) is 0 Å². The highest BCUT2D eigenvalue weighted by atomic mass is 79.9. The molecule has 0 aliphatic carbocycles. The Balaban J connectivity index is 2.26. The van der Waals surface area contributed by atoms with E-state index in [4.69, 9.17) is 5.11 Å². The zero-order valence-corrected chi connectivity index (χ0v) is 10.7. The summed E-state index contributed by atoms with van der Waals surface area (Å²) in [4.78, 5) is 21.3. The summed E-state index contributed by atoms with van der Waals surface area (Å²) in [5, 5.41) is 13.2. The van der Waals surface area contributed by atoms with Crippen LogP contribution in [0.25, 0.3) is 0 Å². The van der Waals surface area contributed by atoms with Crippen molar-refractivity contribution in [3.05, 3.63) is 34.3 Å². The second kappa shape index (κ2) is 6.90. The minimum Gasteiger partial charge on any atom is -0.480 e. The molecule has 0 atom stereocenters. The predicted octanol–water partition coefficient (Wildman–Crippen LogP) is 1.38. The summed E-state index contributed by atoms with van der Waals surface area (Å²) in [5.74, 6) is -1.06. The second-order valence-corrected chi connectivity index (χ2v) is 4.20. The van der Waals surface area contributed by atoms with E-state index in [0.29, 0.717) is 13.0 Å². The van der Waals surface area contributed by atoms with E-state index in [-0.39, 0.29) is 6.54 Å². The Morgan fingerprint density at radius 3 is 2.59 bits per heavy atom. The summed E-state index contributed by atoms with van der Waals surface area (Å²) in [6.07, 6.45) is 0.682. The average molecular weight is 301 g/mol. The van der Waals surface area contributed by atoms with Gasteiger partial charge in [0.25, 0.3) is 0 Å². The van der Waals surface area contributed by atoms with Gasteiger partial charge in [0.2, 0.25) is 0 Å². The van der Waals surface area contributed by atoms with Crippen molar-refractivity contribution < 1.29 is 14.7 Å². The standard InChI is InChI=1S/C11H13BrN2O3/c12-9-4-2-1-3-8(9)5-6-13-11(17)14-7-10(15)16/h1-4H,5-7H2,(H,15,16)(H2,13,14,17). The largest absolute Gasteiger partial charge is 0.480 e. The SMILES string of the molecule is O=C(O)CNC(=O)NCCc1ccccc1Br. The average Bonchev–Trinajstić information content (AvgIpc) is 2.29. The number of amides is 2. The van der Waals surface area contributed by atoms with Crippen LogP contribution in [-0.2, 0) is 11.2 Å². The highest BCUT2D eigenvalue weighted by molar-refractivity contribution is 9.10. The van der Waals surface area contributed by atoms with Crippen molar-refractivity contribution in [2.24, 2.45) is 0 Å². The zero-order chi connectivity index (χ0) is 12.7. The van der Waals surface area contributed by atoms with Gasteiger partial charge in [-0.25, -0.2) is 4.79 Å². The number of urea groups is 1. The summed E-state index contributed by atoms with van der Waals surface area (Å²) >= 11 is 3.41. The molecule has 0 fully saturated rings. The summed E-state index contributed by atoms with van der Waals surface area (Å²) in [7, 11) is 0. The minimum absolute atomic E-state index is 0.374. The monoisotopic (exact) mass is 300 g/mol. The molecule has 5 nitrogen and oxygen atoms in total. The van der Waals surface area contributed by atoms with E-state index in [2.05, 4.69) is 26.6 Å². The molecular formula is C11H13BrN2O3. The number of hydrogen-bond acceptors (Lipinski definition) is 2. The lowest BCUT2D eigenvalue weighted by Gasteiger charge is -2.07. The van der Waals surface area contributed by atoms with Crippen molar-refractivity contribution in [2.45, 2.75) is 6.42 Å². The van der Waals surface area contributed by atoms with Crippen molar-refractivity contribution in [3.8, 4) is 0 Å². The molecule has 0 aliphatic rings. The molecule has 0 spiro atoms. The number of aliphatic carboxylic acids is 1. The number of carbonyl (C=O) groups excluding carboxylic acids is 1. The molecule has 0 bridgehead atoms. The van der Waals surface area contributed by atoms with Crippen LogP contribution < -0.4 is 10.6 Å². The molecule has 6 heteroatoms. The van der Waals surface area contributed by atoms with Gasteiger partial charge in [0.15, 0.2) is 0 Å². The number of benzene rings is 1. The van der Waals surface area contributed by atoms with E-state index in [1.807, 2.05) is 24.3 Å². The summed E-state index contributed by atoms with van der Waals surface area (Å²) in [6.45, 7) is 0.0783. The van der Waals surface area contributed by atoms with Crippen molar-refractivity contribution in [2.75, 3.05) is 13.1 Å². The molecular weight excluding hydrogens is 288 g/mol. The van der Waals surface area contributed by atoms with Gasteiger partial charge in [0.05, 0.1) is 0 Å². The first-order chi connectivity index (χ1) is 8.09. The van der Waals surface area contributed by atoms with E-state index >= 15 is 0 Å². The smallest absolute Gasteiger partial charge is 0.323 e. The van der Waals surface area contributed by atoms with Crippen LogP contribution in [0, 0.1) is 0 Å². The third-order valence-corrected chi connectivity index (χ3v) is 2.81. The minimum atomic E-state index is -1.06. The Bertz CT molecular complexity index is 409. The van der Waals surface area contributed by atoms with Crippen molar-refractivity contribution >= 4 is 27.9 Å². The molecule has 92 valence electrons. The lowest BCUT2D eigenvalue weighted by Crippen LogP contribution is -2.39. The molecule has 3 N–H and O–H groups in total. The first-order valence-electron chi connectivity index (χ1n) is 5.06. The quantitative estimate of drug-likeness (QED) is 0.768. The lowest BCUT2D eigenvalue weighted by molar-refractivity contribution is -0.135. The third-order valence-electron chi connectivity index (χ3n) is 2.04.